The van der Waals surface area contributed by atoms with Crippen molar-refractivity contribution in [3.8, 4) is 11.5 Å². The first-order chi connectivity index (χ1) is 46.7. The maximum atomic E-state index is 7.42. The Morgan fingerprint density at radius 3 is 1.45 bits per heavy atom. The molecular weight excluding hydrogens is 1180 g/mol. The quantitative estimate of drug-likeness (QED) is 0.134. The van der Waals surface area contributed by atoms with Gasteiger partial charge in [-0.1, -0.05) is 188 Å². The number of thiophene rings is 2. The number of para-hydroxylation sites is 7. The summed E-state index contributed by atoms with van der Waals surface area (Å²) >= 11 is 3.72. The van der Waals surface area contributed by atoms with Gasteiger partial charge in [0.1, 0.15) is 11.5 Å². The van der Waals surface area contributed by atoms with E-state index < -0.39 is 0 Å². The molecule has 10 heteroatoms. The number of fused-ring (bicyclic) bond motifs is 14. The molecule has 4 aliphatic rings. The van der Waals surface area contributed by atoms with Crippen LogP contribution in [0.1, 0.15) is 0 Å². The summed E-state index contributed by atoms with van der Waals surface area (Å²) in [6.07, 6.45) is 0. The van der Waals surface area contributed by atoms with Crippen molar-refractivity contribution in [3.05, 3.63) is 322 Å². The predicted molar refractivity (Wildman–Crippen MR) is 401 cm³/mol. The first-order valence-corrected chi connectivity index (χ1v) is 33.8. The van der Waals surface area contributed by atoms with Crippen LogP contribution in [0, 0.1) is 0 Å². The number of hydrogen-bond donors (Lipinski definition) is 0. The SMILES string of the molecule is c1ccc(N(c2ccccc2)c2cc3c4c(c2)N(c2cccc5sc6ccccc6c25)c2cc5c(cc2B4c2ccccc2N3c2ccccc2)B2c3ccccc3Oc3cc(N(c4ccccc4)c4cccc6c4sc4ccccc46)cc(c32)N5c2ccccc2)cc1. The highest BCUT2D eigenvalue weighted by molar-refractivity contribution is 7.26. The van der Waals surface area contributed by atoms with Crippen molar-refractivity contribution >= 4 is 195 Å². The summed E-state index contributed by atoms with van der Waals surface area (Å²) in [5.41, 5.74) is 23.6. The minimum atomic E-state index is -0.202. The van der Waals surface area contributed by atoms with Gasteiger partial charge < -0.3 is 29.2 Å². The molecule has 2 aromatic heterocycles. The largest absolute Gasteiger partial charge is 0.458 e. The number of benzene rings is 14. The molecule has 16 aromatic rings. The Balaban J connectivity index is 0.911. The topological polar surface area (TPSA) is 25.4 Å². The first kappa shape index (κ1) is 53.1. The van der Waals surface area contributed by atoms with Crippen LogP contribution in [0.25, 0.3) is 40.3 Å². The maximum absolute atomic E-state index is 7.42. The fourth-order valence-electron chi connectivity index (χ4n) is 15.8. The van der Waals surface area contributed by atoms with Gasteiger partial charge in [0.2, 0.25) is 0 Å². The Morgan fingerprint density at radius 1 is 0.277 bits per heavy atom. The van der Waals surface area contributed by atoms with Gasteiger partial charge in [0.05, 0.1) is 27.4 Å². The van der Waals surface area contributed by atoms with Crippen LogP contribution in [0.4, 0.5) is 85.3 Å². The van der Waals surface area contributed by atoms with Crippen molar-refractivity contribution in [1.29, 1.82) is 0 Å². The highest BCUT2D eigenvalue weighted by atomic mass is 32.1. The Hall–Kier alpha value is -11.6. The Kier molecular flexibility index (Phi) is 11.9. The van der Waals surface area contributed by atoms with E-state index in [2.05, 4.69) is 346 Å². The lowest BCUT2D eigenvalue weighted by Crippen LogP contribution is -2.64. The van der Waals surface area contributed by atoms with E-state index in [0.717, 1.165) is 108 Å². The van der Waals surface area contributed by atoms with Crippen LogP contribution in [-0.2, 0) is 0 Å². The molecule has 20 rings (SSSR count). The summed E-state index contributed by atoms with van der Waals surface area (Å²) < 4.78 is 12.4. The van der Waals surface area contributed by atoms with E-state index >= 15 is 0 Å². The zero-order chi connectivity index (χ0) is 61.5. The van der Waals surface area contributed by atoms with Crippen LogP contribution >= 0.6 is 22.7 Å². The summed E-state index contributed by atoms with van der Waals surface area (Å²) in [5.74, 6) is 1.70. The molecule has 0 spiro atoms. The summed E-state index contributed by atoms with van der Waals surface area (Å²) in [4.78, 5) is 12.6. The third-order valence-corrected chi connectivity index (χ3v) is 21.9. The number of rotatable bonds is 9. The molecule has 94 heavy (non-hydrogen) atoms. The van der Waals surface area contributed by atoms with Gasteiger partial charge in [0.25, 0.3) is 13.4 Å². The van der Waals surface area contributed by atoms with Crippen LogP contribution in [-0.4, -0.2) is 13.4 Å². The zero-order valence-electron chi connectivity index (χ0n) is 50.7. The molecule has 14 aromatic carbocycles. The minimum absolute atomic E-state index is 0.188. The predicted octanol–water partition coefficient (Wildman–Crippen LogP) is 19.8. The van der Waals surface area contributed by atoms with E-state index in [0.29, 0.717) is 0 Å². The van der Waals surface area contributed by atoms with Crippen molar-refractivity contribution in [1.82, 2.24) is 0 Å². The Morgan fingerprint density at radius 2 is 0.755 bits per heavy atom. The molecule has 0 saturated carbocycles. The molecule has 0 radical (unpaired) electrons. The second-order valence-electron chi connectivity index (χ2n) is 24.7. The summed E-state index contributed by atoms with van der Waals surface area (Å²) in [5, 5.41) is 4.98. The number of nitrogens with zero attached hydrogens (tertiary/aromatic N) is 5. The van der Waals surface area contributed by atoms with Crippen molar-refractivity contribution < 1.29 is 4.74 Å². The second kappa shape index (κ2) is 21.0. The summed E-state index contributed by atoms with van der Waals surface area (Å²) in [6, 6.07) is 119. The molecule has 6 heterocycles. The van der Waals surface area contributed by atoms with Crippen molar-refractivity contribution in [2.24, 2.45) is 0 Å². The summed E-state index contributed by atoms with van der Waals surface area (Å²) in [7, 11) is 0. The van der Waals surface area contributed by atoms with E-state index in [1.165, 1.54) is 62.2 Å². The number of hydrogen-bond acceptors (Lipinski definition) is 8. The van der Waals surface area contributed by atoms with Gasteiger partial charge in [0, 0.05) is 104 Å². The molecule has 6 nitrogen and oxygen atoms in total. The van der Waals surface area contributed by atoms with Gasteiger partial charge in [-0.2, -0.15) is 0 Å². The van der Waals surface area contributed by atoms with Gasteiger partial charge in [-0.05, 0) is 160 Å². The molecular formula is C84H53B2N5OS2. The lowest BCUT2D eigenvalue weighted by molar-refractivity contribution is 0.487. The monoisotopic (exact) mass is 1230 g/mol. The average Bonchev–Trinajstić information content (AvgIpc) is 0.906. The first-order valence-electron chi connectivity index (χ1n) is 32.1. The molecule has 4 aliphatic heterocycles. The third kappa shape index (κ3) is 7.97. The van der Waals surface area contributed by atoms with E-state index in [4.69, 9.17) is 4.74 Å². The maximum Gasteiger partial charge on any atom is 0.256 e. The van der Waals surface area contributed by atoms with E-state index in [-0.39, 0.29) is 13.4 Å². The molecule has 438 valence electrons. The van der Waals surface area contributed by atoms with Crippen LogP contribution < -0.4 is 62.0 Å². The van der Waals surface area contributed by atoms with Crippen molar-refractivity contribution in [2.45, 2.75) is 0 Å². The molecule has 0 amide bonds. The lowest BCUT2D eigenvalue weighted by atomic mass is 9.30. The van der Waals surface area contributed by atoms with E-state index in [1.54, 1.807) is 0 Å². The summed E-state index contributed by atoms with van der Waals surface area (Å²) in [6.45, 7) is -0.391. The second-order valence-corrected chi connectivity index (χ2v) is 26.8. The smallest absolute Gasteiger partial charge is 0.256 e. The molecule has 0 saturated heterocycles. The highest BCUT2D eigenvalue weighted by Crippen LogP contribution is 2.54. The Bertz CT molecular complexity index is 5690. The van der Waals surface area contributed by atoms with Crippen LogP contribution in [0.2, 0.25) is 0 Å². The van der Waals surface area contributed by atoms with E-state index in [1.807, 2.05) is 22.7 Å². The van der Waals surface area contributed by atoms with Crippen LogP contribution in [0.15, 0.2) is 322 Å². The Labute approximate surface area is 553 Å². The highest BCUT2D eigenvalue weighted by Gasteiger charge is 2.49. The van der Waals surface area contributed by atoms with Gasteiger partial charge >= 0.3 is 0 Å². The van der Waals surface area contributed by atoms with Gasteiger partial charge in [-0.3, -0.25) is 0 Å². The van der Waals surface area contributed by atoms with Gasteiger partial charge in [-0.25, -0.2) is 0 Å². The van der Waals surface area contributed by atoms with Crippen LogP contribution in [0.5, 0.6) is 11.5 Å². The number of anilines is 15. The molecule has 0 N–H and O–H groups in total. The van der Waals surface area contributed by atoms with Crippen LogP contribution in [0.3, 0.4) is 0 Å². The lowest BCUT2D eigenvalue weighted by Gasteiger charge is -2.47. The van der Waals surface area contributed by atoms with Crippen molar-refractivity contribution in [3.63, 3.8) is 0 Å². The molecule has 0 aliphatic carbocycles. The molecule has 0 unspecified atom stereocenters. The molecule has 0 bridgehead atoms. The van der Waals surface area contributed by atoms with Gasteiger partial charge in [0.15, 0.2) is 0 Å². The van der Waals surface area contributed by atoms with Gasteiger partial charge in [-0.15, -0.1) is 22.7 Å². The molecule has 0 fully saturated rings. The number of ether oxygens (including phenoxy) is 1. The van der Waals surface area contributed by atoms with Crippen molar-refractivity contribution in [2.75, 3.05) is 24.5 Å². The fraction of sp³-hybridized carbons (Fsp3) is 0. The average molecular weight is 1230 g/mol. The molecule has 0 atom stereocenters. The van der Waals surface area contributed by atoms with E-state index in [9.17, 15) is 0 Å². The fourth-order valence-corrected chi connectivity index (χ4v) is 18.1. The normalized spacial score (nSPS) is 13.1. The standard InChI is InChI=1S/C84H53B2N5OS2/c1-6-26-54(27-7-1)87(55-28-8-2-9-29-55)59-48-73-82-74(49-59)91(69-42-25-47-80-81(69)63-37-17-23-46-79(63)93-80)72-53-71-66(52-67(72)85(82)64-39-18-20-41-68(64)89(73)57-32-12-4-13-33-57)86-65-40-19-21-44-76(65)92-77-51-60(50-75(83(77)86)90(71)58-34-14-5-15-35-58)88(56-30-10-3-11-31-56)70-43-24-38-62-61-36-16-22-45-78(61)94-84(62)70/h1-53H. The third-order valence-electron chi connectivity index (χ3n) is 19.6. The minimum Gasteiger partial charge on any atom is -0.458 e. The zero-order valence-corrected chi connectivity index (χ0v) is 52.3.